The van der Waals surface area contributed by atoms with Gasteiger partial charge in [-0.1, -0.05) is 12.1 Å². The normalized spacial score (nSPS) is 17.9. The number of hydrogen-bond donors (Lipinski definition) is 2. The molecule has 1 unspecified atom stereocenters. The molecular formula is C16H25ClN2O3. The quantitative estimate of drug-likeness (QED) is 0.870. The van der Waals surface area contributed by atoms with Gasteiger partial charge >= 0.3 is 0 Å². The van der Waals surface area contributed by atoms with Crippen molar-refractivity contribution in [1.82, 2.24) is 5.32 Å². The highest BCUT2D eigenvalue weighted by Crippen LogP contribution is 2.20. The summed E-state index contributed by atoms with van der Waals surface area (Å²) in [4.78, 5) is 12.2. The monoisotopic (exact) mass is 328 g/mol. The molecule has 0 spiro atoms. The van der Waals surface area contributed by atoms with Gasteiger partial charge in [0.2, 0.25) is 5.91 Å². The predicted octanol–water partition coefficient (Wildman–Crippen LogP) is 2.27. The maximum absolute atomic E-state index is 12.2. The average Bonchev–Trinajstić information content (AvgIpc) is 2.49. The van der Waals surface area contributed by atoms with Crippen LogP contribution in [0.4, 0.5) is 5.69 Å². The third-order valence-corrected chi connectivity index (χ3v) is 3.51. The minimum absolute atomic E-state index is 0. The fourth-order valence-electron chi connectivity index (χ4n) is 2.19. The van der Waals surface area contributed by atoms with Crippen LogP contribution >= 0.6 is 12.4 Å². The molecule has 2 N–H and O–H groups in total. The molecule has 1 amide bonds. The highest BCUT2D eigenvalue weighted by Gasteiger charge is 2.21. The molecule has 1 fully saturated rings. The lowest BCUT2D eigenvalue weighted by atomic mass is 10.1. The van der Waals surface area contributed by atoms with E-state index in [1.165, 1.54) is 0 Å². The molecule has 1 aromatic carbocycles. The van der Waals surface area contributed by atoms with E-state index in [1.54, 1.807) is 0 Å². The summed E-state index contributed by atoms with van der Waals surface area (Å²) in [5.41, 5.74) is 2.97. The third-order valence-electron chi connectivity index (χ3n) is 3.51. The molecule has 1 heterocycles. The number of hydrogen-bond acceptors (Lipinski definition) is 4. The Hall–Kier alpha value is -1.14. The van der Waals surface area contributed by atoms with Crippen molar-refractivity contribution in [3.63, 3.8) is 0 Å². The van der Waals surface area contributed by atoms with E-state index in [4.69, 9.17) is 9.47 Å². The van der Waals surface area contributed by atoms with Gasteiger partial charge in [0.15, 0.2) is 0 Å². The van der Waals surface area contributed by atoms with Gasteiger partial charge in [0.05, 0.1) is 25.9 Å². The van der Waals surface area contributed by atoms with Crippen LogP contribution in [0.25, 0.3) is 0 Å². The van der Waals surface area contributed by atoms with Gasteiger partial charge in [0, 0.05) is 12.2 Å². The minimum atomic E-state index is -0.284. The van der Waals surface area contributed by atoms with Crippen molar-refractivity contribution in [2.75, 3.05) is 25.1 Å². The summed E-state index contributed by atoms with van der Waals surface area (Å²) < 4.78 is 11.0. The summed E-state index contributed by atoms with van der Waals surface area (Å²) in [7, 11) is 0. The number of nitrogens with one attached hydrogen (secondary N) is 2. The third kappa shape index (κ3) is 5.25. The van der Waals surface area contributed by atoms with E-state index < -0.39 is 0 Å². The molecular weight excluding hydrogens is 304 g/mol. The van der Waals surface area contributed by atoms with Crippen molar-refractivity contribution in [3.05, 3.63) is 29.3 Å². The fraction of sp³-hybridized carbons (Fsp3) is 0.562. The molecule has 0 aromatic heterocycles. The first kappa shape index (κ1) is 18.9. The van der Waals surface area contributed by atoms with Crippen LogP contribution in [-0.4, -0.2) is 37.8 Å². The summed E-state index contributed by atoms with van der Waals surface area (Å²) >= 11 is 0. The van der Waals surface area contributed by atoms with Gasteiger partial charge in [-0.3, -0.25) is 4.79 Å². The average molecular weight is 329 g/mol. The highest BCUT2D eigenvalue weighted by atomic mass is 35.5. The Morgan fingerprint density at radius 3 is 2.91 bits per heavy atom. The van der Waals surface area contributed by atoms with Gasteiger partial charge in [-0.15, -0.1) is 12.4 Å². The summed E-state index contributed by atoms with van der Waals surface area (Å²) in [6.07, 6.45) is 0.186. The van der Waals surface area contributed by atoms with Crippen LogP contribution < -0.4 is 10.6 Å². The van der Waals surface area contributed by atoms with E-state index in [0.29, 0.717) is 26.4 Å². The van der Waals surface area contributed by atoms with Crippen molar-refractivity contribution in [1.29, 1.82) is 0 Å². The molecule has 2 rings (SSSR count). The summed E-state index contributed by atoms with van der Waals surface area (Å²) in [5, 5.41) is 6.12. The molecule has 1 aliphatic rings. The van der Waals surface area contributed by atoms with E-state index in [1.807, 2.05) is 39.0 Å². The predicted molar refractivity (Wildman–Crippen MR) is 89.6 cm³/mol. The zero-order valence-electron chi connectivity index (χ0n) is 13.3. The van der Waals surface area contributed by atoms with Crippen molar-refractivity contribution in [3.8, 4) is 0 Å². The smallest absolute Gasteiger partial charge is 0.243 e. The number of morpholine rings is 1. The molecule has 5 nitrogen and oxygen atoms in total. The number of anilines is 1. The first-order chi connectivity index (χ1) is 10.1. The topological polar surface area (TPSA) is 59.6 Å². The summed E-state index contributed by atoms with van der Waals surface area (Å²) in [5.74, 6) is -0.0558. The first-order valence-electron chi connectivity index (χ1n) is 7.40. The van der Waals surface area contributed by atoms with Gasteiger partial charge in [-0.25, -0.2) is 0 Å². The Balaban J connectivity index is 0.00000242. The van der Waals surface area contributed by atoms with E-state index in [0.717, 1.165) is 16.8 Å². The lowest BCUT2D eigenvalue weighted by Crippen LogP contribution is -2.48. The van der Waals surface area contributed by atoms with Crippen molar-refractivity contribution in [2.24, 2.45) is 0 Å². The molecule has 1 aliphatic heterocycles. The van der Waals surface area contributed by atoms with Gasteiger partial charge in [-0.2, -0.15) is 0 Å². The zero-order chi connectivity index (χ0) is 15.2. The van der Waals surface area contributed by atoms with Gasteiger partial charge in [0.25, 0.3) is 0 Å². The van der Waals surface area contributed by atoms with Gasteiger partial charge in [0.1, 0.15) is 6.04 Å². The molecule has 0 saturated carbocycles. The van der Waals surface area contributed by atoms with Crippen LogP contribution in [-0.2, 0) is 20.9 Å². The van der Waals surface area contributed by atoms with Crippen LogP contribution in [0.15, 0.2) is 18.2 Å². The lowest BCUT2D eigenvalue weighted by Gasteiger charge is -2.23. The largest absolute Gasteiger partial charge is 0.378 e. The number of rotatable bonds is 5. The molecule has 0 radical (unpaired) electrons. The molecule has 1 atom stereocenters. The van der Waals surface area contributed by atoms with E-state index in [2.05, 4.69) is 10.6 Å². The Morgan fingerprint density at radius 1 is 1.50 bits per heavy atom. The molecule has 124 valence electrons. The standard InChI is InChI=1S/C16H24N2O3.ClH/c1-11(2)21-9-13-5-4-6-14(12(13)3)18-16(19)15-10-20-8-7-17-15;/h4-6,11,15,17H,7-10H2,1-3H3,(H,18,19);1H. The Kier molecular flexibility index (Phi) is 7.82. The van der Waals surface area contributed by atoms with E-state index in [9.17, 15) is 4.79 Å². The Bertz CT molecular complexity index is 488. The van der Waals surface area contributed by atoms with Crippen molar-refractivity contribution < 1.29 is 14.3 Å². The number of carbonyl (C=O) groups excluding carboxylic acids is 1. The second-order valence-corrected chi connectivity index (χ2v) is 5.52. The second kappa shape index (κ2) is 9.10. The van der Waals surface area contributed by atoms with E-state index in [-0.39, 0.29) is 30.5 Å². The second-order valence-electron chi connectivity index (χ2n) is 5.52. The van der Waals surface area contributed by atoms with Crippen LogP contribution in [0.5, 0.6) is 0 Å². The molecule has 1 aromatic rings. The molecule has 22 heavy (non-hydrogen) atoms. The Labute approximate surface area is 138 Å². The molecule has 0 aliphatic carbocycles. The van der Waals surface area contributed by atoms with Gasteiger partial charge in [-0.05, 0) is 38.0 Å². The van der Waals surface area contributed by atoms with Crippen LogP contribution in [0.1, 0.15) is 25.0 Å². The maximum atomic E-state index is 12.2. The number of benzene rings is 1. The number of ether oxygens (including phenoxy) is 2. The first-order valence-corrected chi connectivity index (χ1v) is 7.40. The van der Waals surface area contributed by atoms with Crippen molar-refractivity contribution >= 4 is 24.0 Å². The highest BCUT2D eigenvalue weighted by molar-refractivity contribution is 5.95. The Morgan fingerprint density at radius 2 is 2.27 bits per heavy atom. The van der Waals surface area contributed by atoms with Crippen LogP contribution in [0.3, 0.4) is 0 Å². The lowest BCUT2D eigenvalue weighted by molar-refractivity contribution is -0.120. The van der Waals surface area contributed by atoms with Crippen LogP contribution in [0, 0.1) is 6.92 Å². The minimum Gasteiger partial charge on any atom is -0.378 e. The fourth-order valence-corrected chi connectivity index (χ4v) is 2.19. The number of carbonyl (C=O) groups is 1. The van der Waals surface area contributed by atoms with Crippen LogP contribution in [0.2, 0.25) is 0 Å². The summed E-state index contributed by atoms with van der Waals surface area (Å²) in [6, 6.07) is 5.59. The number of amides is 1. The summed E-state index contributed by atoms with van der Waals surface area (Å²) in [6.45, 7) is 8.36. The molecule has 0 bridgehead atoms. The maximum Gasteiger partial charge on any atom is 0.243 e. The molecule has 1 saturated heterocycles. The molecule has 6 heteroatoms. The van der Waals surface area contributed by atoms with E-state index >= 15 is 0 Å². The van der Waals surface area contributed by atoms with Gasteiger partial charge < -0.3 is 20.1 Å². The number of halogens is 1. The van der Waals surface area contributed by atoms with Crippen molar-refractivity contribution in [2.45, 2.75) is 39.5 Å². The SMILES string of the molecule is Cc1c(COC(C)C)cccc1NC(=O)C1COCCN1.Cl. The zero-order valence-corrected chi connectivity index (χ0v) is 14.2.